The van der Waals surface area contributed by atoms with Crippen LogP contribution in [0.25, 0.3) is 0 Å². The summed E-state index contributed by atoms with van der Waals surface area (Å²) in [5, 5.41) is 4.29. The summed E-state index contributed by atoms with van der Waals surface area (Å²) in [6.07, 6.45) is 1.42. The van der Waals surface area contributed by atoms with Crippen LogP contribution in [0.2, 0.25) is 5.02 Å². The molecule has 1 N–H and O–H groups in total. The summed E-state index contributed by atoms with van der Waals surface area (Å²) in [6, 6.07) is 8.43. The van der Waals surface area contributed by atoms with Gasteiger partial charge in [0, 0.05) is 24.2 Å². The van der Waals surface area contributed by atoms with E-state index in [0.717, 1.165) is 24.6 Å². The number of hydrogen-bond acceptors (Lipinski definition) is 2. The van der Waals surface area contributed by atoms with Crippen LogP contribution in [-0.4, -0.2) is 18.8 Å². The molecule has 2 nitrogen and oxygen atoms in total. The van der Waals surface area contributed by atoms with Gasteiger partial charge in [-0.15, -0.1) is 0 Å². The van der Waals surface area contributed by atoms with Gasteiger partial charge in [-0.3, -0.25) is 0 Å². The third kappa shape index (κ3) is 2.94. The lowest BCUT2D eigenvalue weighted by Crippen LogP contribution is -2.34. The molecule has 0 radical (unpaired) electrons. The minimum absolute atomic E-state index is 0.323. The molecular weight excluding hydrogens is 210 g/mol. The Bertz CT molecular complexity index is 329. The first-order valence-electron chi connectivity index (χ1n) is 5.35. The van der Waals surface area contributed by atoms with E-state index in [2.05, 4.69) is 18.3 Å². The Kier molecular flexibility index (Phi) is 3.62. The average molecular weight is 226 g/mol. The van der Waals surface area contributed by atoms with Crippen LogP contribution in [0, 0.1) is 0 Å². The van der Waals surface area contributed by atoms with Gasteiger partial charge in [0.25, 0.3) is 0 Å². The number of nitrogens with one attached hydrogen (secondary N) is 1. The Hall–Kier alpha value is -0.570. The van der Waals surface area contributed by atoms with Crippen LogP contribution in [0.15, 0.2) is 24.3 Å². The minimum Gasteiger partial charge on any atom is -0.377 e. The van der Waals surface area contributed by atoms with Crippen molar-refractivity contribution in [2.75, 3.05) is 6.61 Å². The van der Waals surface area contributed by atoms with Gasteiger partial charge in [-0.1, -0.05) is 23.7 Å². The fraction of sp³-hybridized carbons (Fsp3) is 0.500. The molecule has 82 valence electrons. The molecule has 2 atom stereocenters. The highest BCUT2D eigenvalue weighted by atomic mass is 35.5. The van der Waals surface area contributed by atoms with Crippen LogP contribution in [0.1, 0.15) is 18.9 Å². The zero-order chi connectivity index (χ0) is 10.7. The van der Waals surface area contributed by atoms with E-state index in [1.54, 1.807) is 0 Å². The highest BCUT2D eigenvalue weighted by molar-refractivity contribution is 6.30. The standard InChI is InChI=1S/C12H16ClNO/c1-9-12(5-6-15-9)14-8-10-3-2-4-11(13)7-10/h2-4,7,9,12,14H,5-6,8H2,1H3/t9-,12+/m0/s1. The van der Waals surface area contributed by atoms with E-state index >= 15 is 0 Å². The molecular formula is C12H16ClNO. The van der Waals surface area contributed by atoms with E-state index in [1.807, 2.05) is 18.2 Å². The lowest BCUT2D eigenvalue weighted by atomic mass is 10.1. The third-order valence-electron chi connectivity index (χ3n) is 2.83. The van der Waals surface area contributed by atoms with Gasteiger partial charge in [-0.2, -0.15) is 0 Å². The van der Waals surface area contributed by atoms with Gasteiger partial charge < -0.3 is 10.1 Å². The number of hydrogen-bond donors (Lipinski definition) is 1. The third-order valence-corrected chi connectivity index (χ3v) is 3.07. The molecule has 0 bridgehead atoms. The second kappa shape index (κ2) is 4.97. The second-order valence-corrected chi connectivity index (χ2v) is 4.42. The maximum absolute atomic E-state index is 5.92. The summed E-state index contributed by atoms with van der Waals surface area (Å²) < 4.78 is 5.49. The zero-order valence-electron chi connectivity index (χ0n) is 8.87. The first-order chi connectivity index (χ1) is 7.25. The maximum atomic E-state index is 5.92. The van der Waals surface area contributed by atoms with Crippen LogP contribution in [-0.2, 0) is 11.3 Å². The van der Waals surface area contributed by atoms with Gasteiger partial charge in [0.1, 0.15) is 0 Å². The van der Waals surface area contributed by atoms with E-state index in [0.29, 0.717) is 12.1 Å². The van der Waals surface area contributed by atoms with E-state index in [4.69, 9.17) is 16.3 Å². The Balaban J connectivity index is 1.87. The monoisotopic (exact) mass is 225 g/mol. The molecule has 0 aliphatic carbocycles. The molecule has 1 aliphatic heterocycles. The zero-order valence-corrected chi connectivity index (χ0v) is 9.63. The van der Waals surface area contributed by atoms with E-state index in [-0.39, 0.29) is 0 Å². The molecule has 1 saturated heterocycles. The molecule has 1 fully saturated rings. The minimum atomic E-state index is 0.323. The molecule has 1 heterocycles. The van der Waals surface area contributed by atoms with Crippen molar-refractivity contribution >= 4 is 11.6 Å². The number of benzene rings is 1. The van der Waals surface area contributed by atoms with Crippen molar-refractivity contribution in [3.63, 3.8) is 0 Å². The van der Waals surface area contributed by atoms with Gasteiger partial charge in [-0.25, -0.2) is 0 Å². The second-order valence-electron chi connectivity index (χ2n) is 3.98. The van der Waals surface area contributed by atoms with Crippen LogP contribution in [0.4, 0.5) is 0 Å². The lowest BCUT2D eigenvalue weighted by Gasteiger charge is -2.15. The van der Waals surface area contributed by atoms with E-state index in [9.17, 15) is 0 Å². The number of halogens is 1. The Morgan fingerprint density at radius 1 is 1.53 bits per heavy atom. The van der Waals surface area contributed by atoms with Crippen molar-refractivity contribution in [1.82, 2.24) is 5.32 Å². The molecule has 0 spiro atoms. The predicted molar refractivity (Wildman–Crippen MR) is 62.1 cm³/mol. The summed E-state index contributed by atoms with van der Waals surface area (Å²) in [5.41, 5.74) is 1.22. The molecule has 0 aromatic heterocycles. The summed E-state index contributed by atoms with van der Waals surface area (Å²) in [7, 11) is 0. The Morgan fingerprint density at radius 3 is 3.07 bits per heavy atom. The molecule has 15 heavy (non-hydrogen) atoms. The molecule has 1 aromatic carbocycles. The highest BCUT2D eigenvalue weighted by Gasteiger charge is 2.23. The van der Waals surface area contributed by atoms with Crippen LogP contribution in [0.5, 0.6) is 0 Å². The number of ether oxygens (including phenoxy) is 1. The molecule has 1 aromatic rings. The summed E-state index contributed by atoms with van der Waals surface area (Å²) >= 11 is 5.92. The quantitative estimate of drug-likeness (QED) is 0.854. The molecule has 1 aliphatic rings. The van der Waals surface area contributed by atoms with Crippen molar-refractivity contribution in [2.24, 2.45) is 0 Å². The first kappa shape index (κ1) is 10.9. The van der Waals surface area contributed by atoms with Gasteiger partial charge in [0.05, 0.1) is 6.10 Å². The highest BCUT2D eigenvalue weighted by Crippen LogP contribution is 2.14. The molecule has 2 rings (SSSR count). The van der Waals surface area contributed by atoms with Crippen molar-refractivity contribution in [2.45, 2.75) is 32.0 Å². The molecule has 0 amide bonds. The fourth-order valence-electron chi connectivity index (χ4n) is 1.90. The van der Waals surface area contributed by atoms with Gasteiger partial charge >= 0.3 is 0 Å². The Morgan fingerprint density at radius 2 is 2.40 bits per heavy atom. The first-order valence-corrected chi connectivity index (χ1v) is 5.73. The Labute approximate surface area is 95.6 Å². The predicted octanol–water partition coefficient (Wildman–Crippen LogP) is 2.61. The van der Waals surface area contributed by atoms with Gasteiger partial charge in [-0.05, 0) is 31.0 Å². The van der Waals surface area contributed by atoms with Crippen LogP contribution in [0.3, 0.4) is 0 Å². The molecule has 0 saturated carbocycles. The average Bonchev–Trinajstić information content (AvgIpc) is 2.61. The van der Waals surface area contributed by atoms with Crippen LogP contribution < -0.4 is 5.32 Å². The number of rotatable bonds is 3. The fourth-order valence-corrected chi connectivity index (χ4v) is 2.11. The van der Waals surface area contributed by atoms with Crippen molar-refractivity contribution in [1.29, 1.82) is 0 Å². The van der Waals surface area contributed by atoms with Gasteiger partial charge in [0.15, 0.2) is 0 Å². The van der Waals surface area contributed by atoms with Crippen molar-refractivity contribution < 1.29 is 4.74 Å². The van der Waals surface area contributed by atoms with Crippen molar-refractivity contribution in [3.05, 3.63) is 34.9 Å². The SMILES string of the molecule is C[C@@H]1OCC[C@H]1NCc1cccc(Cl)c1. The largest absolute Gasteiger partial charge is 0.377 e. The van der Waals surface area contributed by atoms with Gasteiger partial charge in [0.2, 0.25) is 0 Å². The lowest BCUT2D eigenvalue weighted by molar-refractivity contribution is 0.113. The molecule has 3 heteroatoms. The smallest absolute Gasteiger partial charge is 0.0700 e. The van der Waals surface area contributed by atoms with Crippen LogP contribution >= 0.6 is 11.6 Å². The topological polar surface area (TPSA) is 21.3 Å². The summed E-state index contributed by atoms with van der Waals surface area (Å²) in [5.74, 6) is 0. The summed E-state index contributed by atoms with van der Waals surface area (Å²) in [6.45, 7) is 3.84. The normalized spacial score (nSPS) is 25.7. The summed E-state index contributed by atoms with van der Waals surface area (Å²) in [4.78, 5) is 0. The van der Waals surface area contributed by atoms with Crippen molar-refractivity contribution in [3.8, 4) is 0 Å². The maximum Gasteiger partial charge on any atom is 0.0700 e. The van der Waals surface area contributed by atoms with E-state index < -0.39 is 0 Å². The molecule has 0 unspecified atom stereocenters. The van der Waals surface area contributed by atoms with E-state index in [1.165, 1.54) is 5.56 Å².